The normalized spacial score (nSPS) is 19.0. The first-order valence-electron chi connectivity index (χ1n) is 11.1. The van der Waals surface area contributed by atoms with Gasteiger partial charge in [0.2, 0.25) is 0 Å². The van der Waals surface area contributed by atoms with Crippen molar-refractivity contribution >= 4 is 44.7 Å². The van der Waals surface area contributed by atoms with Gasteiger partial charge >= 0.3 is 10.2 Å². The quantitative estimate of drug-likeness (QED) is 0.284. The first-order valence-corrected chi connectivity index (χ1v) is 14.3. The first kappa shape index (κ1) is 24.9. The Hall–Kier alpha value is -2.25. The van der Waals surface area contributed by atoms with E-state index < -0.39 is 22.0 Å². The molecule has 2 aromatic rings. The van der Waals surface area contributed by atoms with Gasteiger partial charge in [-0.1, -0.05) is 12.1 Å². The number of carbonyl (C=O) groups is 2. The van der Waals surface area contributed by atoms with Gasteiger partial charge in [-0.3, -0.25) is 14.5 Å². The Kier molecular flexibility index (Phi) is 8.37. The second-order valence-corrected chi connectivity index (χ2v) is 11.7. The monoisotopic (exact) mass is 524 g/mol. The van der Waals surface area contributed by atoms with Crippen LogP contribution in [0.2, 0.25) is 0 Å². The lowest BCUT2D eigenvalue weighted by Crippen LogP contribution is -2.57. The summed E-state index contributed by atoms with van der Waals surface area (Å²) in [6.07, 6.45) is 2.16. The average molecular weight is 525 g/mol. The summed E-state index contributed by atoms with van der Waals surface area (Å²) in [5.74, 6) is -1.57. The molecular formula is C22H28N4O5S3. The number of ether oxygens (including phenoxy) is 1. The maximum atomic E-state index is 13.3. The van der Waals surface area contributed by atoms with Crippen LogP contribution < -0.4 is 5.32 Å². The van der Waals surface area contributed by atoms with Crippen molar-refractivity contribution in [2.45, 2.75) is 12.8 Å². The Morgan fingerprint density at radius 2 is 1.47 bits per heavy atom. The fourth-order valence-electron chi connectivity index (χ4n) is 3.80. The summed E-state index contributed by atoms with van der Waals surface area (Å²) in [7, 11) is -4.26. The van der Waals surface area contributed by atoms with Gasteiger partial charge < -0.3 is 10.1 Å². The van der Waals surface area contributed by atoms with E-state index in [9.17, 15) is 18.0 Å². The van der Waals surface area contributed by atoms with Crippen LogP contribution in [0.5, 0.6) is 0 Å². The third kappa shape index (κ3) is 5.87. The molecular weight excluding hydrogens is 496 g/mol. The van der Waals surface area contributed by atoms with E-state index in [-0.39, 0.29) is 18.7 Å². The van der Waals surface area contributed by atoms with E-state index in [0.717, 1.165) is 38.0 Å². The van der Waals surface area contributed by atoms with Gasteiger partial charge in [0.25, 0.3) is 11.8 Å². The zero-order valence-corrected chi connectivity index (χ0v) is 21.2. The number of nitrogens with zero attached hydrogens (tertiary/aromatic N) is 3. The molecule has 4 rings (SSSR count). The summed E-state index contributed by atoms with van der Waals surface area (Å²) in [5.41, 5.74) is -0.158. The van der Waals surface area contributed by atoms with E-state index >= 15 is 0 Å². The second kappa shape index (κ2) is 11.5. The number of nitrogens with one attached hydrogen (secondary N) is 1. The molecule has 0 spiro atoms. The standard InChI is InChI=1S/C22H28N4O5S3/c27-21-20(17-23-7-10-24-11-13-31-14-12-24)22(28)26(9-6-19-4-2-16-33-19)34(29,30)25(21)8-5-18-3-1-15-32-18/h1-4,15-17,23H,5-14H2. The summed E-state index contributed by atoms with van der Waals surface area (Å²) >= 11 is 3.00. The highest BCUT2D eigenvalue weighted by atomic mass is 32.2. The number of morpholine rings is 1. The minimum atomic E-state index is -4.26. The molecule has 0 aromatic carbocycles. The van der Waals surface area contributed by atoms with Gasteiger partial charge in [-0.25, -0.2) is 8.61 Å². The van der Waals surface area contributed by atoms with Gasteiger partial charge in [0.1, 0.15) is 5.57 Å². The smallest absolute Gasteiger partial charge is 0.331 e. The van der Waals surface area contributed by atoms with Gasteiger partial charge in [0.15, 0.2) is 0 Å². The highest BCUT2D eigenvalue weighted by molar-refractivity contribution is 7.88. The molecule has 0 unspecified atom stereocenters. The Balaban J connectivity index is 1.49. The Morgan fingerprint density at radius 3 is 1.97 bits per heavy atom. The molecule has 2 saturated heterocycles. The van der Waals surface area contributed by atoms with E-state index in [4.69, 9.17) is 4.74 Å². The van der Waals surface area contributed by atoms with Crippen LogP contribution in [0.1, 0.15) is 9.75 Å². The van der Waals surface area contributed by atoms with Crippen LogP contribution in [0.15, 0.2) is 46.8 Å². The highest BCUT2D eigenvalue weighted by Gasteiger charge is 2.46. The van der Waals surface area contributed by atoms with Gasteiger partial charge in [0.05, 0.1) is 13.2 Å². The summed E-state index contributed by atoms with van der Waals surface area (Å²) in [5, 5.41) is 6.85. The van der Waals surface area contributed by atoms with Crippen LogP contribution in [0.3, 0.4) is 0 Å². The molecule has 12 heteroatoms. The topological polar surface area (TPSA) is 99.3 Å². The van der Waals surface area contributed by atoms with E-state index in [1.807, 2.05) is 35.0 Å². The SMILES string of the molecule is O=C1C(=CNCCN2CCOCC2)C(=O)N(CCc2cccs2)S(=O)(=O)N1CCc1cccs1. The Bertz CT molecular complexity index is 1030. The third-order valence-corrected chi connectivity index (χ3v) is 9.36. The molecule has 2 aromatic heterocycles. The molecule has 9 nitrogen and oxygen atoms in total. The van der Waals surface area contributed by atoms with Gasteiger partial charge in [0, 0.05) is 68.1 Å². The maximum Gasteiger partial charge on any atom is 0.331 e. The summed E-state index contributed by atoms with van der Waals surface area (Å²) < 4.78 is 33.6. The predicted octanol–water partition coefficient (Wildman–Crippen LogP) is 1.32. The van der Waals surface area contributed by atoms with Crippen molar-refractivity contribution < 1.29 is 22.7 Å². The van der Waals surface area contributed by atoms with Crippen LogP contribution >= 0.6 is 22.7 Å². The fourth-order valence-corrected chi connectivity index (χ4v) is 6.69. The molecule has 1 N–H and O–H groups in total. The van der Waals surface area contributed by atoms with Gasteiger partial charge in [-0.2, -0.15) is 8.42 Å². The summed E-state index contributed by atoms with van der Waals surface area (Å²) in [6.45, 7) is 4.27. The highest BCUT2D eigenvalue weighted by Crippen LogP contribution is 2.24. The molecule has 2 fully saturated rings. The van der Waals surface area contributed by atoms with Crippen molar-refractivity contribution in [1.29, 1.82) is 0 Å². The maximum absolute atomic E-state index is 13.3. The number of thiophene rings is 2. The molecule has 0 aliphatic carbocycles. The lowest BCUT2D eigenvalue weighted by molar-refractivity contribution is -0.131. The predicted molar refractivity (Wildman–Crippen MR) is 132 cm³/mol. The van der Waals surface area contributed by atoms with E-state index in [1.54, 1.807) is 0 Å². The molecule has 0 radical (unpaired) electrons. The number of hydrogen-bond acceptors (Lipinski definition) is 9. The van der Waals surface area contributed by atoms with Crippen LogP contribution in [-0.2, 0) is 37.4 Å². The number of rotatable bonds is 10. The lowest BCUT2D eigenvalue weighted by Gasteiger charge is -2.35. The van der Waals surface area contributed by atoms with Crippen molar-refractivity contribution in [2.24, 2.45) is 0 Å². The molecule has 0 atom stereocenters. The van der Waals surface area contributed by atoms with Crippen molar-refractivity contribution in [3.63, 3.8) is 0 Å². The largest absolute Gasteiger partial charge is 0.389 e. The number of hydrogen-bond donors (Lipinski definition) is 1. The van der Waals surface area contributed by atoms with E-state index in [2.05, 4.69) is 10.2 Å². The summed E-state index contributed by atoms with van der Waals surface area (Å²) in [4.78, 5) is 30.5. The molecule has 2 amide bonds. The Labute approximate surface area is 207 Å². The van der Waals surface area contributed by atoms with Crippen LogP contribution in [0.25, 0.3) is 0 Å². The molecule has 0 bridgehead atoms. The Morgan fingerprint density at radius 1 is 0.912 bits per heavy atom. The molecule has 0 saturated carbocycles. The summed E-state index contributed by atoms with van der Waals surface area (Å²) in [6, 6.07) is 7.56. The van der Waals surface area contributed by atoms with Crippen molar-refractivity contribution in [3.8, 4) is 0 Å². The van der Waals surface area contributed by atoms with Crippen molar-refractivity contribution in [2.75, 3.05) is 52.5 Å². The molecule has 2 aliphatic heterocycles. The minimum Gasteiger partial charge on any atom is -0.389 e. The molecule has 34 heavy (non-hydrogen) atoms. The van der Waals surface area contributed by atoms with E-state index in [0.29, 0.717) is 32.6 Å². The minimum absolute atomic E-state index is 0.0183. The average Bonchev–Trinajstić information content (AvgIpc) is 3.53. The zero-order chi connectivity index (χ0) is 24.0. The van der Waals surface area contributed by atoms with Gasteiger partial charge in [-0.15, -0.1) is 22.7 Å². The van der Waals surface area contributed by atoms with Crippen molar-refractivity contribution in [1.82, 2.24) is 18.8 Å². The number of amides is 2. The third-order valence-electron chi connectivity index (χ3n) is 5.68. The van der Waals surface area contributed by atoms with Crippen LogP contribution in [0.4, 0.5) is 0 Å². The first-order chi connectivity index (χ1) is 16.5. The van der Waals surface area contributed by atoms with Crippen LogP contribution in [0, 0.1) is 0 Å². The molecule has 4 heterocycles. The van der Waals surface area contributed by atoms with E-state index in [1.165, 1.54) is 28.9 Å². The number of carbonyl (C=O) groups excluding carboxylic acids is 2. The molecule has 2 aliphatic rings. The van der Waals surface area contributed by atoms with Crippen LogP contribution in [-0.4, -0.2) is 86.2 Å². The fraction of sp³-hybridized carbons (Fsp3) is 0.455. The van der Waals surface area contributed by atoms with Crippen molar-refractivity contribution in [3.05, 3.63) is 56.6 Å². The lowest BCUT2D eigenvalue weighted by atomic mass is 10.2. The van der Waals surface area contributed by atoms with Gasteiger partial charge in [-0.05, 0) is 22.9 Å². The molecule has 184 valence electrons. The zero-order valence-electron chi connectivity index (χ0n) is 18.7. The second-order valence-electron chi connectivity index (χ2n) is 7.89.